The molecule has 0 aliphatic carbocycles. The highest BCUT2D eigenvalue weighted by atomic mass is 19.4. The Hall–Kier alpha value is -1.77. The van der Waals surface area contributed by atoms with Gasteiger partial charge in [-0.05, 0) is 25.0 Å². The summed E-state index contributed by atoms with van der Waals surface area (Å²) in [6.07, 6.45) is -3.79. The zero-order valence-electron chi connectivity index (χ0n) is 10.0. The van der Waals surface area contributed by atoms with Crippen molar-refractivity contribution in [2.75, 3.05) is 18.0 Å². The van der Waals surface area contributed by atoms with Gasteiger partial charge >= 0.3 is 6.18 Å². The van der Waals surface area contributed by atoms with Crippen LogP contribution in [0.5, 0.6) is 0 Å². The molecule has 19 heavy (non-hydrogen) atoms. The van der Waals surface area contributed by atoms with Crippen molar-refractivity contribution in [3.63, 3.8) is 0 Å². The second-order valence-corrected chi connectivity index (χ2v) is 4.57. The molecule has 0 bridgehead atoms. The molecular weight excluding hydrogens is 260 g/mol. The number of hydrogen-bond acceptors (Lipinski definition) is 2. The Morgan fingerprint density at radius 2 is 2.05 bits per heavy atom. The molecule has 102 valence electrons. The third-order valence-electron chi connectivity index (χ3n) is 3.33. The maximum atomic E-state index is 13.5. The fraction of sp³-hybridized carbons (Fsp3) is 0.462. The maximum Gasteiger partial charge on any atom is 0.393 e. The fourth-order valence-electron chi connectivity index (χ4n) is 2.35. The molecule has 1 aromatic rings. The number of nitriles is 1. The van der Waals surface area contributed by atoms with Crippen LogP contribution in [-0.2, 0) is 0 Å². The fourth-order valence-corrected chi connectivity index (χ4v) is 2.35. The quantitative estimate of drug-likeness (QED) is 0.732. The highest BCUT2D eigenvalue weighted by molar-refractivity contribution is 5.60. The Morgan fingerprint density at radius 1 is 1.32 bits per heavy atom. The lowest BCUT2D eigenvalue weighted by molar-refractivity contribution is -0.175. The Balaban J connectivity index is 2.28. The van der Waals surface area contributed by atoms with E-state index in [9.17, 15) is 17.6 Å². The van der Waals surface area contributed by atoms with Gasteiger partial charge in [0.15, 0.2) is 0 Å². The van der Waals surface area contributed by atoms with Gasteiger partial charge in [0.1, 0.15) is 17.4 Å². The number of rotatable bonds is 1. The van der Waals surface area contributed by atoms with E-state index in [1.165, 1.54) is 17.0 Å². The van der Waals surface area contributed by atoms with Crippen molar-refractivity contribution in [3.8, 4) is 6.07 Å². The van der Waals surface area contributed by atoms with Crippen LogP contribution in [0.15, 0.2) is 18.2 Å². The molecule has 2 rings (SSSR count). The van der Waals surface area contributed by atoms with Gasteiger partial charge < -0.3 is 4.90 Å². The minimum absolute atomic E-state index is 0.0806. The molecule has 2 nitrogen and oxygen atoms in total. The van der Waals surface area contributed by atoms with Crippen LogP contribution >= 0.6 is 0 Å². The van der Waals surface area contributed by atoms with Crippen LogP contribution < -0.4 is 4.90 Å². The Labute approximate surface area is 108 Å². The van der Waals surface area contributed by atoms with E-state index in [-0.39, 0.29) is 24.2 Å². The monoisotopic (exact) mass is 272 g/mol. The van der Waals surface area contributed by atoms with Gasteiger partial charge in [-0.25, -0.2) is 4.39 Å². The summed E-state index contributed by atoms with van der Waals surface area (Å²) in [4.78, 5) is 1.45. The molecule has 1 aliphatic heterocycles. The summed E-state index contributed by atoms with van der Waals surface area (Å²) < 4.78 is 51.6. The van der Waals surface area contributed by atoms with Gasteiger partial charge in [0, 0.05) is 13.1 Å². The molecule has 6 heteroatoms. The average molecular weight is 272 g/mol. The first-order chi connectivity index (χ1) is 8.93. The number of anilines is 1. The summed E-state index contributed by atoms with van der Waals surface area (Å²) in [6.45, 7) is 0.187. The van der Waals surface area contributed by atoms with Crippen LogP contribution in [-0.4, -0.2) is 19.3 Å². The van der Waals surface area contributed by atoms with Crippen molar-refractivity contribution in [2.45, 2.75) is 19.0 Å². The van der Waals surface area contributed by atoms with E-state index in [4.69, 9.17) is 5.26 Å². The van der Waals surface area contributed by atoms with Crippen molar-refractivity contribution in [2.24, 2.45) is 5.92 Å². The van der Waals surface area contributed by atoms with Gasteiger partial charge in [-0.15, -0.1) is 0 Å². The molecule has 1 unspecified atom stereocenters. The van der Waals surface area contributed by atoms with Crippen LogP contribution in [0.25, 0.3) is 0 Å². The first kappa shape index (κ1) is 13.7. The summed E-state index contributed by atoms with van der Waals surface area (Å²) in [6, 6.07) is 5.74. The lowest BCUT2D eigenvalue weighted by atomic mass is 9.96. The van der Waals surface area contributed by atoms with E-state index < -0.39 is 17.9 Å². The molecule has 1 atom stereocenters. The van der Waals surface area contributed by atoms with Gasteiger partial charge in [0.2, 0.25) is 0 Å². The molecule has 0 N–H and O–H groups in total. The highest BCUT2D eigenvalue weighted by Crippen LogP contribution is 2.35. The van der Waals surface area contributed by atoms with Crippen molar-refractivity contribution in [3.05, 3.63) is 29.6 Å². The molecule has 1 heterocycles. The first-order valence-electron chi connectivity index (χ1n) is 5.93. The molecule has 1 aliphatic rings. The summed E-state index contributed by atoms with van der Waals surface area (Å²) in [5.74, 6) is -2.12. The van der Waals surface area contributed by atoms with Crippen LogP contribution in [0, 0.1) is 23.1 Å². The van der Waals surface area contributed by atoms with Gasteiger partial charge in [-0.3, -0.25) is 0 Å². The molecule has 1 fully saturated rings. The third-order valence-corrected chi connectivity index (χ3v) is 3.33. The normalized spacial score (nSPS) is 20.2. The van der Waals surface area contributed by atoms with E-state index in [0.29, 0.717) is 13.0 Å². The second kappa shape index (κ2) is 5.08. The zero-order valence-corrected chi connectivity index (χ0v) is 10.0. The SMILES string of the molecule is N#Cc1c(F)cccc1N1CCCC(C(F)(F)F)C1. The van der Waals surface area contributed by atoms with Gasteiger partial charge in [-0.2, -0.15) is 18.4 Å². The van der Waals surface area contributed by atoms with E-state index in [0.717, 1.165) is 6.07 Å². The molecule has 0 spiro atoms. The Kier molecular flexibility index (Phi) is 3.65. The zero-order chi connectivity index (χ0) is 14.0. The maximum absolute atomic E-state index is 13.5. The molecule has 0 saturated carbocycles. The van der Waals surface area contributed by atoms with Crippen LogP contribution in [0.2, 0.25) is 0 Å². The van der Waals surface area contributed by atoms with Crippen LogP contribution in [0.1, 0.15) is 18.4 Å². The third kappa shape index (κ3) is 2.80. The predicted molar refractivity (Wildman–Crippen MR) is 62.1 cm³/mol. The number of halogens is 4. The average Bonchev–Trinajstić information content (AvgIpc) is 2.37. The molecular formula is C13H12F4N2. The number of hydrogen-bond donors (Lipinski definition) is 0. The van der Waals surface area contributed by atoms with Crippen molar-refractivity contribution in [1.29, 1.82) is 5.26 Å². The van der Waals surface area contributed by atoms with Crippen molar-refractivity contribution in [1.82, 2.24) is 0 Å². The smallest absolute Gasteiger partial charge is 0.370 e. The summed E-state index contributed by atoms with van der Waals surface area (Å²) in [5.41, 5.74) is 0.0572. The number of benzene rings is 1. The highest BCUT2D eigenvalue weighted by Gasteiger charge is 2.42. The molecule has 1 aromatic carbocycles. The molecule has 0 amide bonds. The number of nitrogens with zero attached hydrogens (tertiary/aromatic N) is 2. The summed E-state index contributed by atoms with van der Waals surface area (Å²) in [7, 11) is 0. The minimum Gasteiger partial charge on any atom is -0.370 e. The van der Waals surface area contributed by atoms with E-state index in [1.54, 1.807) is 6.07 Å². The minimum atomic E-state index is -4.25. The Morgan fingerprint density at radius 3 is 2.68 bits per heavy atom. The van der Waals surface area contributed by atoms with Gasteiger partial charge in [0.05, 0.1) is 11.6 Å². The second-order valence-electron chi connectivity index (χ2n) is 4.57. The van der Waals surface area contributed by atoms with E-state index >= 15 is 0 Å². The van der Waals surface area contributed by atoms with Crippen molar-refractivity contribution >= 4 is 5.69 Å². The standard InChI is InChI=1S/C13H12F4N2/c14-11-4-1-5-12(10(11)7-18)19-6-2-3-9(8-19)13(15,16)17/h1,4-5,9H,2-3,6,8H2. The lowest BCUT2D eigenvalue weighted by Gasteiger charge is -2.35. The Bertz CT molecular complexity index is 504. The predicted octanol–water partition coefficient (Wildman–Crippen LogP) is 3.48. The van der Waals surface area contributed by atoms with Crippen LogP contribution in [0.4, 0.5) is 23.2 Å². The summed E-state index contributed by atoms with van der Waals surface area (Å²) in [5, 5.41) is 8.92. The molecule has 0 aromatic heterocycles. The lowest BCUT2D eigenvalue weighted by Crippen LogP contribution is -2.42. The molecule has 1 saturated heterocycles. The van der Waals surface area contributed by atoms with E-state index in [1.807, 2.05) is 0 Å². The summed E-state index contributed by atoms with van der Waals surface area (Å²) >= 11 is 0. The van der Waals surface area contributed by atoms with E-state index in [2.05, 4.69) is 0 Å². The topological polar surface area (TPSA) is 27.0 Å². The van der Waals surface area contributed by atoms with Crippen molar-refractivity contribution < 1.29 is 17.6 Å². The van der Waals surface area contributed by atoms with Gasteiger partial charge in [0.25, 0.3) is 0 Å². The largest absolute Gasteiger partial charge is 0.393 e. The van der Waals surface area contributed by atoms with Crippen LogP contribution in [0.3, 0.4) is 0 Å². The number of piperidine rings is 1. The first-order valence-corrected chi connectivity index (χ1v) is 5.93. The molecule has 0 radical (unpaired) electrons. The van der Waals surface area contributed by atoms with Gasteiger partial charge in [-0.1, -0.05) is 6.07 Å². The number of alkyl halides is 3.